The Balaban J connectivity index is 2.00. The van der Waals surface area contributed by atoms with Crippen molar-refractivity contribution in [3.63, 3.8) is 0 Å². The van der Waals surface area contributed by atoms with Crippen LogP contribution < -0.4 is 5.73 Å². The van der Waals surface area contributed by atoms with Crippen LogP contribution in [0.25, 0.3) is 0 Å². The van der Waals surface area contributed by atoms with Gasteiger partial charge in [0.05, 0.1) is 0 Å². The lowest BCUT2D eigenvalue weighted by Gasteiger charge is -2.41. The highest BCUT2D eigenvalue weighted by Gasteiger charge is 2.34. The highest BCUT2D eigenvalue weighted by molar-refractivity contribution is 5.79. The van der Waals surface area contributed by atoms with E-state index in [0.29, 0.717) is 18.4 Å². The normalized spacial score (nSPS) is 31.5. The van der Waals surface area contributed by atoms with Gasteiger partial charge in [-0.2, -0.15) is 0 Å². The van der Waals surface area contributed by atoms with Crippen LogP contribution in [-0.2, 0) is 9.53 Å². The molecule has 2 heterocycles. The van der Waals surface area contributed by atoms with E-state index < -0.39 is 0 Å². The quantitative estimate of drug-likeness (QED) is 0.783. The van der Waals surface area contributed by atoms with Crippen LogP contribution in [0.1, 0.15) is 32.6 Å². The number of hydrogen-bond acceptors (Lipinski definition) is 3. The molecule has 2 rings (SSSR count). The molecule has 2 saturated heterocycles. The van der Waals surface area contributed by atoms with Crippen molar-refractivity contribution in [2.24, 2.45) is 17.6 Å². The summed E-state index contributed by atoms with van der Waals surface area (Å²) < 4.78 is 5.32. The number of likely N-dealkylation sites (tertiary alicyclic amines) is 1. The lowest BCUT2D eigenvalue weighted by molar-refractivity contribution is -0.143. The average Bonchev–Trinajstić information content (AvgIpc) is 2.38. The number of hydrogen-bond donors (Lipinski definition) is 1. The number of nitrogens with two attached hydrogens (primary N) is 1. The first-order valence-corrected chi connectivity index (χ1v) is 6.82. The smallest absolute Gasteiger partial charge is 0.226 e. The molecule has 2 atom stereocenters. The number of amides is 1. The number of piperidine rings is 1. The van der Waals surface area contributed by atoms with E-state index in [0.717, 1.165) is 39.0 Å². The Labute approximate surface area is 103 Å². The van der Waals surface area contributed by atoms with Crippen LogP contribution in [0, 0.1) is 11.8 Å². The Kier molecular flexibility index (Phi) is 4.40. The van der Waals surface area contributed by atoms with Crippen molar-refractivity contribution in [1.29, 1.82) is 0 Å². The van der Waals surface area contributed by atoms with E-state index in [1.807, 2.05) is 4.90 Å². The second-order valence-corrected chi connectivity index (χ2v) is 5.34. The first kappa shape index (κ1) is 12.8. The topological polar surface area (TPSA) is 55.6 Å². The van der Waals surface area contributed by atoms with Crippen molar-refractivity contribution in [2.75, 3.05) is 26.3 Å². The SMILES string of the molecule is CC1CCCN(C(=O)C2CCOCC2)C1CN. The third kappa shape index (κ3) is 2.80. The van der Waals surface area contributed by atoms with Crippen LogP contribution >= 0.6 is 0 Å². The first-order chi connectivity index (χ1) is 8.24. The number of ether oxygens (including phenoxy) is 1. The van der Waals surface area contributed by atoms with Crippen molar-refractivity contribution in [3.8, 4) is 0 Å². The zero-order valence-electron chi connectivity index (χ0n) is 10.7. The van der Waals surface area contributed by atoms with Crippen molar-refractivity contribution in [3.05, 3.63) is 0 Å². The average molecular weight is 240 g/mol. The molecular weight excluding hydrogens is 216 g/mol. The Morgan fingerprint density at radius 2 is 2.06 bits per heavy atom. The standard InChI is InChI=1S/C13H24N2O2/c1-10-3-2-6-15(12(10)9-14)13(16)11-4-7-17-8-5-11/h10-12H,2-9,14H2,1H3. The summed E-state index contributed by atoms with van der Waals surface area (Å²) in [4.78, 5) is 14.5. The van der Waals surface area contributed by atoms with Gasteiger partial charge in [-0.05, 0) is 31.6 Å². The molecule has 0 aromatic rings. The third-order valence-electron chi connectivity index (χ3n) is 4.21. The van der Waals surface area contributed by atoms with Crippen molar-refractivity contribution < 1.29 is 9.53 Å². The van der Waals surface area contributed by atoms with Crippen LogP contribution in [0.3, 0.4) is 0 Å². The van der Waals surface area contributed by atoms with E-state index in [1.165, 1.54) is 6.42 Å². The molecule has 2 aliphatic heterocycles. The van der Waals surface area contributed by atoms with E-state index in [2.05, 4.69) is 6.92 Å². The third-order valence-corrected chi connectivity index (χ3v) is 4.21. The van der Waals surface area contributed by atoms with E-state index in [-0.39, 0.29) is 12.0 Å². The van der Waals surface area contributed by atoms with Gasteiger partial charge in [-0.15, -0.1) is 0 Å². The summed E-state index contributed by atoms with van der Waals surface area (Å²) in [6.07, 6.45) is 4.06. The molecule has 2 unspecified atom stereocenters. The van der Waals surface area contributed by atoms with Crippen LogP contribution in [0.2, 0.25) is 0 Å². The largest absolute Gasteiger partial charge is 0.381 e. The van der Waals surface area contributed by atoms with E-state index in [4.69, 9.17) is 10.5 Å². The highest BCUT2D eigenvalue weighted by atomic mass is 16.5. The Morgan fingerprint density at radius 3 is 2.71 bits per heavy atom. The molecule has 0 radical (unpaired) electrons. The number of carbonyl (C=O) groups excluding carboxylic acids is 1. The molecule has 2 fully saturated rings. The molecular formula is C13H24N2O2. The minimum atomic E-state index is 0.170. The van der Waals surface area contributed by atoms with Crippen LogP contribution in [0.4, 0.5) is 0 Å². The Bertz CT molecular complexity index is 264. The summed E-state index contributed by atoms with van der Waals surface area (Å²) in [7, 11) is 0. The summed E-state index contributed by atoms with van der Waals surface area (Å²) >= 11 is 0. The van der Waals surface area contributed by atoms with Gasteiger partial charge in [0.25, 0.3) is 0 Å². The van der Waals surface area contributed by atoms with Crippen molar-refractivity contribution >= 4 is 5.91 Å². The van der Waals surface area contributed by atoms with Crippen molar-refractivity contribution in [2.45, 2.75) is 38.6 Å². The number of rotatable bonds is 2. The molecule has 0 aromatic carbocycles. The number of carbonyl (C=O) groups is 1. The summed E-state index contributed by atoms with van der Waals surface area (Å²) in [5.41, 5.74) is 5.83. The summed E-state index contributed by atoms with van der Waals surface area (Å²) in [6.45, 7) is 5.15. The highest BCUT2D eigenvalue weighted by Crippen LogP contribution is 2.26. The van der Waals surface area contributed by atoms with Gasteiger partial charge in [0, 0.05) is 38.3 Å². The lowest BCUT2D eigenvalue weighted by Crippen LogP contribution is -2.53. The molecule has 4 nitrogen and oxygen atoms in total. The van der Waals surface area contributed by atoms with E-state index >= 15 is 0 Å². The Hall–Kier alpha value is -0.610. The van der Waals surface area contributed by atoms with Crippen molar-refractivity contribution in [1.82, 2.24) is 4.90 Å². The van der Waals surface area contributed by atoms with Gasteiger partial charge >= 0.3 is 0 Å². The maximum atomic E-state index is 12.5. The zero-order valence-corrected chi connectivity index (χ0v) is 10.7. The Morgan fingerprint density at radius 1 is 1.35 bits per heavy atom. The second-order valence-electron chi connectivity index (χ2n) is 5.34. The molecule has 17 heavy (non-hydrogen) atoms. The molecule has 0 bridgehead atoms. The van der Waals surface area contributed by atoms with Gasteiger partial charge in [-0.3, -0.25) is 4.79 Å². The molecule has 2 N–H and O–H groups in total. The number of nitrogens with zero attached hydrogens (tertiary/aromatic N) is 1. The van der Waals surface area contributed by atoms with E-state index in [1.54, 1.807) is 0 Å². The zero-order chi connectivity index (χ0) is 12.3. The first-order valence-electron chi connectivity index (χ1n) is 6.82. The monoisotopic (exact) mass is 240 g/mol. The van der Waals surface area contributed by atoms with E-state index in [9.17, 15) is 4.79 Å². The van der Waals surface area contributed by atoms with Gasteiger partial charge in [0.1, 0.15) is 0 Å². The fraction of sp³-hybridized carbons (Fsp3) is 0.923. The molecule has 0 spiro atoms. The predicted octanol–water partition coefficient (Wildman–Crippen LogP) is 0.999. The predicted molar refractivity (Wildman–Crippen MR) is 66.5 cm³/mol. The van der Waals surface area contributed by atoms with Crippen LogP contribution in [0.5, 0.6) is 0 Å². The van der Waals surface area contributed by atoms with Gasteiger partial charge in [-0.25, -0.2) is 0 Å². The fourth-order valence-corrected chi connectivity index (χ4v) is 3.06. The lowest BCUT2D eigenvalue weighted by atomic mass is 9.88. The summed E-state index contributed by atoms with van der Waals surface area (Å²) in [6, 6.07) is 0.249. The second kappa shape index (κ2) is 5.83. The van der Waals surface area contributed by atoms with Crippen LogP contribution in [0.15, 0.2) is 0 Å². The fourth-order valence-electron chi connectivity index (χ4n) is 3.06. The minimum Gasteiger partial charge on any atom is -0.381 e. The molecule has 98 valence electrons. The van der Waals surface area contributed by atoms with Gasteiger partial charge in [0.15, 0.2) is 0 Å². The molecule has 1 amide bonds. The molecule has 2 aliphatic rings. The molecule has 4 heteroatoms. The van der Waals surface area contributed by atoms with Gasteiger partial charge in [0.2, 0.25) is 5.91 Å². The minimum absolute atomic E-state index is 0.170. The maximum absolute atomic E-state index is 12.5. The molecule has 0 saturated carbocycles. The molecule has 0 aliphatic carbocycles. The van der Waals surface area contributed by atoms with Gasteiger partial charge < -0.3 is 15.4 Å². The molecule has 0 aromatic heterocycles. The van der Waals surface area contributed by atoms with Gasteiger partial charge in [-0.1, -0.05) is 6.92 Å². The van der Waals surface area contributed by atoms with Crippen LogP contribution in [-0.4, -0.2) is 43.2 Å². The summed E-state index contributed by atoms with van der Waals surface area (Å²) in [5.74, 6) is 1.02. The summed E-state index contributed by atoms with van der Waals surface area (Å²) in [5, 5.41) is 0. The maximum Gasteiger partial charge on any atom is 0.226 e.